The molecule has 9 aromatic rings. The zero-order chi connectivity index (χ0) is 33.7. The van der Waals surface area contributed by atoms with Crippen molar-refractivity contribution in [2.75, 3.05) is 4.90 Å². The van der Waals surface area contributed by atoms with Gasteiger partial charge in [0, 0.05) is 39.0 Å². The highest BCUT2D eigenvalue weighted by Crippen LogP contribution is 2.49. The van der Waals surface area contributed by atoms with Crippen LogP contribution in [0.3, 0.4) is 0 Å². The Morgan fingerprint density at radius 2 is 0.843 bits per heavy atom. The predicted octanol–water partition coefficient (Wildman–Crippen LogP) is 13.8. The maximum absolute atomic E-state index is 6.49. The average Bonchev–Trinajstić information content (AvgIpc) is 3.50. The van der Waals surface area contributed by atoms with Gasteiger partial charge in [-0.2, -0.15) is 0 Å². The summed E-state index contributed by atoms with van der Waals surface area (Å²) >= 11 is 0. The van der Waals surface area contributed by atoms with Crippen molar-refractivity contribution >= 4 is 39.0 Å². The molecule has 10 rings (SSSR count). The molecule has 0 atom stereocenters. The fraction of sp³-hybridized carbons (Fsp3) is 0. The maximum atomic E-state index is 6.49. The van der Waals surface area contributed by atoms with Gasteiger partial charge in [-0.1, -0.05) is 121 Å². The number of furan rings is 1. The summed E-state index contributed by atoms with van der Waals surface area (Å²) in [7, 11) is 0. The second-order valence-electron chi connectivity index (χ2n) is 12.9. The summed E-state index contributed by atoms with van der Waals surface area (Å²) in [6.45, 7) is 0. The zero-order valence-electron chi connectivity index (χ0n) is 27.7. The number of fused-ring (bicyclic) bond motifs is 8. The first-order valence-corrected chi connectivity index (χ1v) is 17.2. The second kappa shape index (κ2) is 11.9. The van der Waals surface area contributed by atoms with Crippen LogP contribution < -0.4 is 9.64 Å². The van der Waals surface area contributed by atoms with E-state index in [-0.39, 0.29) is 0 Å². The molecule has 1 aliphatic heterocycles. The second-order valence-corrected chi connectivity index (χ2v) is 12.9. The van der Waals surface area contributed by atoms with Gasteiger partial charge in [0.2, 0.25) is 0 Å². The van der Waals surface area contributed by atoms with Crippen LogP contribution in [0.5, 0.6) is 11.5 Å². The largest absolute Gasteiger partial charge is 0.456 e. The van der Waals surface area contributed by atoms with Crippen LogP contribution in [-0.2, 0) is 0 Å². The molecule has 0 aliphatic carbocycles. The van der Waals surface area contributed by atoms with E-state index in [0.29, 0.717) is 0 Å². The fourth-order valence-corrected chi connectivity index (χ4v) is 7.39. The monoisotopic (exact) mass is 653 g/mol. The number of nitrogens with zero attached hydrogens (tertiary/aromatic N) is 1. The normalized spacial score (nSPS) is 11.7. The van der Waals surface area contributed by atoms with Crippen LogP contribution in [0.4, 0.5) is 17.1 Å². The standard InChI is InChI=1S/C48H31NO2/c1-2-10-32(11-3-1)33-18-23-36(24-19-33)49(37-25-20-34(21-26-37)35-22-29-48-44(30-35)42-14-6-9-17-47(42)51-48)38-27-28-39-40-12-4-7-15-45(40)50-46-16-8-5-13-41(46)43(39)31-38/h1-31H. The molecule has 51 heavy (non-hydrogen) atoms. The van der Waals surface area contributed by atoms with Crippen molar-refractivity contribution in [3.63, 3.8) is 0 Å². The Labute approximate surface area is 296 Å². The van der Waals surface area contributed by atoms with Crippen molar-refractivity contribution in [2.45, 2.75) is 0 Å². The summed E-state index contributed by atoms with van der Waals surface area (Å²) in [5, 5.41) is 2.26. The van der Waals surface area contributed by atoms with Gasteiger partial charge in [0.05, 0.1) is 0 Å². The van der Waals surface area contributed by atoms with Crippen LogP contribution in [-0.4, -0.2) is 0 Å². The summed E-state index contributed by atoms with van der Waals surface area (Å²) in [5.41, 5.74) is 14.1. The molecule has 2 heterocycles. The van der Waals surface area contributed by atoms with Crippen LogP contribution in [0.2, 0.25) is 0 Å². The molecular formula is C48H31NO2. The highest BCUT2D eigenvalue weighted by Gasteiger charge is 2.23. The number of hydrogen-bond donors (Lipinski definition) is 0. The van der Waals surface area contributed by atoms with Gasteiger partial charge in [-0.05, 0) is 100 Å². The van der Waals surface area contributed by atoms with Crippen molar-refractivity contribution in [1.82, 2.24) is 0 Å². The first kappa shape index (κ1) is 29.1. The van der Waals surface area contributed by atoms with E-state index < -0.39 is 0 Å². The van der Waals surface area contributed by atoms with Gasteiger partial charge in [0.25, 0.3) is 0 Å². The van der Waals surface area contributed by atoms with Crippen LogP contribution in [0.25, 0.3) is 66.4 Å². The molecular weight excluding hydrogens is 623 g/mol. The first-order valence-electron chi connectivity index (χ1n) is 17.2. The molecule has 3 nitrogen and oxygen atoms in total. The molecule has 0 amide bonds. The molecule has 0 unspecified atom stereocenters. The first-order chi connectivity index (χ1) is 25.3. The Hall–Kier alpha value is -6.84. The smallest absolute Gasteiger partial charge is 0.135 e. The van der Waals surface area contributed by atoms with Crippen LogP contribution in [0.15, 0.2) is 192 Å². The maximum Gasteiger partial charge on any atom is 0.135 e. The number of hydrogen-bond acceptors (Lipinski definition) is 3. The topological polar surface area (TPSA) is 25.6 Å². The van der Waals surface area contributed by atoms with Crippen molar-refractivity contribution in [3.05, 3.63) is 188 Å². The van der Waals surface area contributed by atoms with Gasteiger partial charge in [-0.25, -0.2) is 0 Å². The summed E-state index contributed by atoms with van der Waals surface area (Å²) in [4.78, 5) is 2.34. The van der Waals surface area contributed by atoms with Crippen LogP contribution >= 0.6 is 0 Å². The Morgan fingerprint density at radius 1 is 0.314 bits per heavy atom. The van der Waals surface area contributed by atoms with Gasteiger partial charge in [-0.3, -0.25) is 0 Å². The van der Waals surface area contributed by atoms with Crippen molar-refractivity contribution in [1.29, 1.82) is 0 Å². The van der Waals surface area contributed by atoms with E-state index in [2.05, 4.69) is 163 Å². The lowest BCUT2D eigenvalue weighted by Gasteiger charge is -2.27. The molecule has 0 radical (unpaired) electrons. The highest BCUT2D eigenvalue weighted by atomic mass is 16.5. The molecule has 0 spiro atoms. The average molecular weight is 654 g/mol. The molecule has 0 saturated carbocycles. The van der Waals surface area contributed by atoms with E-state index in [1.165, 1.54) is 11.1 Å². The quantitative estimate of drug-likeness (QED) is 0.185. The SMILES string of the molecule is c1ccc(-c2ccc(N(c3ccc(-c4ccc5oc6ccccc6c5c4)cc3)c3ccc4c(c3)-c3ccccc3Oc3ccccc3-4)cc2)cc1. The van der Waals surface area contributed by atoms with Crippen molar-refractivity contribution in [3.8, 4) is 56.0 Å². The minimum atomic E-state index is 0.853. The highest BCUT2D eigenvalue weighted by molar-refractivity contribution is 6.06. The van der Waals surface area contributed by atoms with Crippen molar-refractivity contribution < 1.29 is 9.15 Å². The summed E-state index contributed by atoms with van der Waals surface area (Å²) in [6, 6.07) is 66.3. The number of rotatable bonds is 5. The molecule has 8 aromatic carbocycles. The van der Waals surface area contributed by atoms with E-state index >= 15 is 0 Å². The summed E-state index contributed by atoms with van der Waals surface area (Å²) in [6.07, 6.45) is 0. The number of ether oxygens (including phenoxy) is 1. The van der Waals surface area contributed by atoms with Gasteiger partial charge in [0.1, 0.15) is 22.7 Å². The minimum absolute atomic E-state index is 0.853. The van der Waals surface area contributed by atoms with E-state index in [4.69, 9.17) is 9.15 Å². The minimum Gasteiger partial charge on any atom is -0.456 e. The Kier molecular flexibility index (Phi) is 6.81. The molecule has 1 aromatic heterocycles. The molecule has 0 saturated heterocycles. The number of benzene rings is 8. The lowest BCUT2D eigenvalue weighted by Crippen LogP contribution is -2.10. The Balaban J connectivity index is 1.10. The fourth-order valence-electron chi connectivity index (χ4n) is 7.39. The van der Waals surface area contributed by atoms with E-state index in [1.807, 2.05) is 30.3 Å². The molecule has 240 valence electrons. The van der Waals surface area contributed by atoms with E-state index in [9.17, 15) is 0 Å². The summed E-state index contributed by atoms with van der Waals surface area (Å²) < 4.78 is 12.6. The Bertz CT molecular complexity index is 2710. The molecule has 0 fully saturated rings. The van der Waals surface area contributed by atoms with E-state index in [0.717, 1.165) is 83.9 Å². The third kappa shape index (κ3) is 5.06. The molecule has 1 aliphatic rings. The van der Waals surface area contributed by atoms with E-state index in [1.54, 1.807) is 0 Å². The van der Waals surface area contributed by atoms with Gasteiger partial charge in [0.15, 0.2) is 0 Å². The van der Waals surface area contributed by atoms with Gasteiger partial charge >= 0.3 is 0 Å². The van der Waals surface area contributed by atoms with Crippen LogP contribution in [0.1, 0.15) is 0 Å². The third-order valence-corrected chi connectivity index (χ3v) is 9.90. The Morgan fingerprint density at radius 3 is 1.57 bits per heavy atom. The number of anilines is 3. The molecule has 0 bridgehead atoms. The zero-order valence-corrected chi connectivity index (χ0v) is 27.7. The molecule has 0 N–H and O–H groups in total. The summed E-state index contributed by atoms with van der Waals surface area (Å²) in [5.74, 6) is 1.72. The van der Waals surface area contributed by atoms with Gasteiger partial charge in [-0.15, -0.1) is 0 Å². The lowest BCUT2D eigenvalue weighted by molar-refractivity contribution is 0.488. The molecule has 3 heteroatoms. The third-order valence-electron chi connectivity index (χ3n) is 9.90. The number of para-hydroxylation sites is 3. The van der Waals surface area contributed by atoms with Crippen molar-refractivity contribution in [2.24, 2.45) is 0 Å². The van der Waals surface area contributed by atoms with Crippen LogP contribution in [0, 0.1) is 0 Å². The lowest BCUT2D eigenvalue weighted by atomic mass is 9.93. The van der Waals surface area contributed by atoms with Gasteiger partial charge < -0.3 is 14.1 Å². The predicted molar refractivity (Wildman–Crippen MR) is 210 cm³/mol.